The summed E-state index contributed by atoms with van der Waals surface area (Å²) in [5.41, 5.74) is 0.939. The summed E-state index contributed by atoms with van der Waals surface area (Å²) in [5, 5.41) is 5.11. The molecule has 1 aromatic heterocycles. The van der Waals surface area contributed by atoms with Crippen LogP contribution in [-0.4, -0.2) is 46.8 Å². The molecular formula is C10H16N2O4S3. The molecule has 0 bridgehead atoms. The van der Waals surface area contributed by atoms with E-state index in [1.54, 1.807) is 6.07 Å². The van der Waals surface area contributed by atoms with E-state index in [0.29, 0.717) is 13.1 Å². The van der Waals surface area contributed by atoms with Crippen molar-refractivity contribution in [3.8, 4) is 0 Å². The molecule has 0 amide bonds. The summed E-state index contributed by atoms with van der Waals surface area (Å²) in [4.78, 5) is 3.04. The molecule has 1 aromatic rings. The predicted octanol–water partition coefficient (Wildman–Crippen LogP) is -0.202. The average Bonchev–Trinajstić information content (AvgIpc) is 2.67. The summed E-state index contributed by atoms with van der Waals surface area (Å²) in [6.07, 6.45) is 1.95. The van der Waals surface area contributed by atoms with E-state index in [1.807, 2.05) is 4.90 Å². The molecule has 0 fully saturated rings. The molecule has 0 spiro atoms. The smallest absolute Gasteiger partial charge is 0.247 e. The third kappa shape index (κ3) is 3.99. The minimum Gasteiger partial charge on any atom is -0.298 e. The van der Waals surface area contributed by atoms with Gasteiger partial charge in [-0.3, -0.25) is 4.90 Å². The van der Waals surface area contributed by atoms with Crippen molar-refractivity contribution in [1.82, 2.24) is 4.90 Å². The zero-order valence-electron chi connectivity index (χ0n) is 10.5. The maximum Gasteiger partial charge on any atom is 0.247 e. The van der Waals surface area contributed by atoms with E-state index in [1.165, 1.54) is 17.6 Å². The molecule has 0 saturated heterocycles. The van der Waals surface area contributed by atoms with Crippen LogP contribution in [0.1, 0.15) is 10.4 Å². The minimum atomic E-state index is -3.65. The molecule has 6 nitrogen and oxygen atoms in total. The third-order valence-corrected chi connectivity index (χ3v) is 6.56. The van der Waals surface area contributed by atoms with Gasteiger partial charge < -0.3 is 0 Å². The monoisotopic (exact) mass is 324 g/mol. The summed E-state index contributed by atoms with van der Waals surface area (Å²) in [5.74, 6) is 0.120. The Labute approximate surface area is 117 Å². The van der Waals surface area contributed by atoms with Gasteiger partial charge in [0.1, 0.15) is 14.0 Å². The van der Waals surface area contributed by atoms with Crippen molar-refractivity contribution in [3.05, 3.63) is 16.5 Å². The second kappa shape index (κ2) is 5.13. The Morgan fingerprint density at radius 1 is 1.37 bits per heavy atom. The van der Waals surface area contributed by atoms with Gasteiger partial charge in [0.2, 0.25) is 10.0 Å². The van der Waals surface area contributed by atoms with Gasteiger partial charge in [-0.1, -0.05) is 0 Å². The van der Waals surface area contributed by atoms with Crippen molar-refractivity contribution in [2.24, 2.45) is 5.14 Å². The van der Waals surface area contributed by atoms with E-state index in [9.17, 15) is 16.8 Å². The zero-order valence-corrected chi connectivity index (χ0v) is 12.9. The Balaban J connectivity index is 2.10. The molecule has 1 aliphatic heterocycles. The fraction of sp³-hybridized carbons (Fsp3) is 0.600. The summed E-state index contributed by atoms with van der Waals surface area (Å²) in [6.45, 7) is 1.79. The maximum atomic E-state index is 11.3. The van der Waals surface area contributed by atoms with Crippen LogP contribution in [0.25, 0.3) is 0 Å². The number of nitrogens with zero attached hydrogens (tertiary/aromatic N) is 1. The average molecular weight is 324 g/mol. The number of nitrogens with two attached hydrogens (primary N) is 1. The van der Waals surface area contributed by atoms with Gasteiger partial charge in [0.15, 0.2) is 0 Å². The normalized spacial score (nSPS) is 17.4. The summed E-state index contributed by atoms with van der Waals surface area (Å²) >= 11 is 1.21. The van der Waals surface area contributed by atoms with Crippen molar-refractivity contribution in [3.63, 3.8) is 0 Å². The topological polar surface area (TPSA) is 97.5 Å². The molecule has 0 aromatic carbocycles. The van der Waals surface area contributed by atoms with Gasteiger partial charge in [0.25, 0.3) is 0 Å². The lowest BCUT2D eigenvalue weighted by atomic mass is 10.1. The zero-order chi connectivity index (χ0) is 14.3. The number of rotatable bonds is 4. The van der Waals surface area contributed by atoms with Crippen molar-refractivity contribution in [2.45, 2.75) is 17.2 Å². The van der Waals surface area contributed by atoms with E-state index < -0.39 is 19.9 Å². The molecule has 0 unspecified atom stereocenters. The summed E-state index contributed by atoms with van der Waals surface area (Å²) in [7, 11) is -6.62. The first-order valence-electron chi connectivity index (χ1n) is 5.69. The fourth-order valence-corrected chi connectivity index (χ4v) is 4.54. The van der Waals surface area contributed by atoms with Gasteiger partial charge in [-0.15, -0.1) is 11.3 Å². The van der Waals surface area contributed by atoms with E-state index >= 15 is 0 Å². The minimum absolute atomic E-state index is 0.120. The van der Waals surface area contributed by atoms with Crippen LogP contribution in [0, 0.1) is 0 Å². The van der Waals surface area contributed by atoms with Crippen molar-refractivity contribution < 1.29 is 16.8 Å². The molecule has 1 aliphatic rings. The molecular weight excluding hydrogens is 308 g/mol. The second-order valence-corrected chi connectivity index (χ2v) is 9.90. The van der Waals surface area contributed by atoms with Gasteiger partial charge in [-0.2, -0.15) is 0 Å². The molecule has 2 heterocycles. The fourth-order valence-electron chi connectivity index (χ4n) is 1.99. The lowest BCUT2D eigenvalue weighted by Gasteiger charge is -2.26. The quantitative estimate of drug-likeness (QED) is 0.827. The number of thiophene rings is 1. The first kappa shape index (κ1) is 14.9. The van der Waals surface area contributed by atoms with Crippen LogP contribution in [0.15, 0.2) is 10.3 Å². The Bertz CT molecular complexity index is 676. The number of fused-ring (bicyclic) bond motifs is 1. The van der Waals surface area contributed by atoms with Gasteiger partial charge >= 0.3 is 0 Å². The Kier molecular flexibility index (Phi) is 4.03. The highest BCUT2D eigenvalue weighted by Gasteiger charge is 2.22. The van der Waals surface area contributed by atoms with Crippen LogP contribution in [0.2, 0.25) is 0 Å². The molecule has 9 heteroatoms. The van der Waals surface area contributed by atoms with Crippen LogP contribution in [-0.2, 0) is 32.8 Å². The van der Waals surface area contributed by atoms with Gasteiger partial charge in [-0.05, 0) is 18.1 Å². The van der Waals surface area contributed by atoms with E-state index in [4.69, 9.17) is 5.14 Å². The first-order chi connectivity index (χ1) is 8.65. The maximum absolute atomic E-state index is 11.3. The molecule has 2 N–H and O–H groups in total. The van der Waals surface area contributed by atoms with Gasteiger partial charge in [-0.25, -0.2) is 22.0 Å². The van der Waals surface area contributed by atoms with Crippen molar-refractivity contribution >= 4 is 31.2 Å². The lowest BCUT2D eigenvalue weighted by molar-refractivity contribution is 0.271. The summed E-state index contributed by atoms with van der Waals surface area (Å²) < 4.78 is 45.0. The molecule has 2 rings (SSSR count). The number of hydrogen-bond donors (Lipinski definition) is 1. The largest absolute Gasteiger partial charge is 0.298 e. The van der Waals surface area contributed by atoms with Gasteiger partial charge in [0, 0.05) is 30.8 Å². The SMILES string of the molecule is CS(=O)(=O)CCN1CCc2sc(S(N)(=O)=O)cc2C1. The number of sulfonamides is 1. The third-order valence-electron chi connectivity index (χ3n) is 2.98. The molecule has 0 saturated carbocycles. The molecule has 108 valence electrons. The highest BCUT2D eigenvalue weighted by Crippen LogP contribution is 2.30. The standard InChI is InChI=1S/C10H16N2O4S3/c1-18(13,14)5-4-12-3-2-9-8(7-12)6-10(17-9)19(11,15)16/h6H,2-5,7H2,1H3,(H2,11,15,16). The van der Waals surface area contributed by atoms with Crippen LogP contribution >= 0.6 is 11.3 Å². The highest BCUT2D eigenvalue weighted by atomic mass is 32.2. The van der Waals surface area contributed by atoms with Gasteiger partial charge in [0.05, 0.1) is 5.75 Å². The molecule has 0 aliphatic carbocycles. The van der Waals surface area contributed by atoms with Crippen LogP contribution < -0.4 is 5.14 Å². The van der Waals surface area contributed by atoms with Crippen LogP contribution in [0.5, 0.6) is 0 Å². The number of sulfone groups is 1. The van der Waals surface area contributed by atoms with E-state index in [2.05, 4.69) is 0 Å². The van der Waals surface area contributed by atoms with E-state index in [0.717, 1.165) is 23.4 Å². The van der Waals surface area contributed by atoms with Crippen LogP contribution in [0.4, 0.5) is 0 Å². The molecule has 19 heavy (non-hydrogen) atoms. The summed E-state index contributed by atoms with van der Waals surface area (Å²) in [6, 6.07) is 1.60. The van der Waals surface area contributed by atoms with Crippen molar-refractivity contribution in [2.75, 3.05) is 25.1 Å². The predicted molar refractivity (Wildman–Crippen MR) is 74.4 cm³/mol. The van der Waals surface area contributed by atoms with E-state index in [-0.39, 0.29) is 9.96 Å². The Hall–Kier alpha value is -0.480. The number of hydrogen-bond acceptors (Lipinski definition) is 6. The number of primary sulfonamides is 1. The Morgan fingerprint density at radius 2 is 2.05 bits per heavy atom. The Morgan fingerprint density at radius 3 is 2.63 bits per heavy atom. The van der Waals surface area contributed by atoms with Crippen LogP contribution in [0.3, 0.4) is 0 Å². The van der Waals surface area contributed by atoms with Crippen molar-refractivity contribution in [1.29, 1.82) is 0 Å². The first-order valence-corrected chi connectivity index (χ1v) is 10.1. The molecule has 0 atom stereocenters. The lowest BCUT2D eigenvalue weighted by Crippen LogP contribution is -2.33. The second-order valence-electron chi connectivity index (χ2n) is 4.71. The molecule has 0 radical (unpaired) electrons. The highest BCUT2D eigenvalue weighted by molar-refractivity contribution is 7.91.